The third-order valence-corrected chi connectivity index (χ3v) is 5.17. The van der Waals surface area contributed by atoms with Crippen LogP contribution in [0.25, 0.3) is 0 Å². The molecule has 1 amide bonds. The highest BCUT2D eigenvalue weighted by atomic mass is 16.2. The number of guanidine groups is 1. The number of nitrogens with one attached hydrogen (secondary N) is 1. The lowest BCUT2D eigenvalue weighted by molar-refractivity contribution is -0.145. The van der Waals surface area contributed by atoms with E-state index >= 15 is 0 Å². The molecular weight excluding hydrogens is 280 g/mol. The fourth-order valence-electron chi connectivity index (χ4n) is 3.74. The minimum Gasteiger partial charge on any atom is -0.368 e. The van der Waals surface area contributed by atoms with Crippen LogP contribution in [0.2, 0.25) is 0 Å². The molecule has 1 aromatic rings. The maximum absolute atomic E-state index is 13.1. The van der Waals surface area contributed by atoms with Crippen LogP contribution in [-0.4, -0.2) is 44.9 Å². The van der Waals surface area contributed by atoms with Crippen LogP contribution < -0.4 is 5.73 Å². The first-order valence-corrected chi connectivity index (χ1v) is 7.84. The monoisotopic (exact) mass is 300 g/mol. The number of H-pyrrole nitrogens is 1. The average molecular weight is 300 g/mol. The van der Waals surface area contributed by atoms with Crippen molar-refractivity contribution < 1.29 is 4.79 Å². The molecule has 3 N–H and O–H groups in total. The molecule has 4 rings (SSSR count). The number of likely N-dealkylation sites (tertiary alicyclic amines) is 1. The van der Waals surface area contributed by atoms with Crippen molar-refractivity contribution in [1.29, 1.82) is 0 Å². The second kappa shape index (κ2) is 4.93. The fraction of sp³-hybridized carbons (Fsp3) is 0.600. The maximum Gasteiger partial charge on any atom is 0.232 e. The number of hydrogen-bond donors (Lipinski definition) is 2. The number of aromatic amines is 1. The molecule has 1 saturated carbocycles. The number of amides is 1. The SMILES string of the molecule is CC1=NC(N)=NC2C1CC(c1cn[nH]c1)C(=O)N2C1CCC1. The number of carbonyl (C=O) groups is 1. The van der Waals surface area contributed by atoms with Gasteiger partial charge in [-0.3, -0.25) is 9.89 Å². The summed E-state index contributed by atoms with van der Waals surface area (Å²) in [4.78, 5) is 23.9. The number of aromatic nitrogens is 2. The van der Waals surface area contributed by atoms with Gasteiger partial charge in [0.1, 0.15) is 6.17 Å². The molecule has 3 atom stereocenters. The van der Waals surface area contributed by atoms with Gasteiger partial charge in [0, 0.05) is 29.4 Å². The molecule has 3 heterocycles. The fourth-order valence-corrected chi connectivity index (χ4v) is 3.74. The number of rotatable bonds is 2. The quantitative estimate of drug-likeness (QED) is 0.852. The Kier molecular flexibility index (Phi) is 3.02. The normalized spacial score (nSPS) is 32.1. The number of nitrogens with zero attached hydrogens (tertiary/aromatic N) is 4. The molecule has 7 nitrogen and oxygen atoms in total. The van der Waals surface area contributed by atoms with Gasteiger partial charge in [0.15, 0.2) is 0 Å². The summed E-state index contributed by atoms with van der Waals surface area (Å²) in [5.41, 5.74) is 7.76. The second-order valence-electron chi connectivity index (χ2n) is 6.41. The van der Waals surface area contributed by atoms with E-state index in [2.05, 4.69) is 20.2 Å². The van der Waals surface area contributed by atoms with Crippen LogP contribution in [0.15, 0.2) is 22.4 Å². The molecule has 1 aliphatic carbocycles. The lowest BCUT2D eigenvalue weighted by Gasteiger charge is -2.49. The van der Waals surface area contributed by atoms with Crippen LogP contribution in [0.3, 0.4) is 0 Å². The molecule has 7 heteroatoms. The predicted octanol–water partition coefficient (Wildman–Crippen LogP) is 1.01. The van der Waals surface area contributed by atoms with Crippen LogP contribution in [0.1, 0.15) is 44.1 Å². The minimum absolute atomic E-state index is 0.144. The summed E-state index contributed by atoms with van der Waals surface area (Å²) in [5, 5.41) is 6.81. The molecule has 3 unspecified atom stereocenters. The van der Waals surface area contributed by atoms with Crippen LogP contribution in [0.5, 0.6) is 0 Å². The van der Waals surface area contributed by atoms with Crippen molar-refractivity contribution in [3.63, 3.8) is 0 Å². The van der Waals surface area contributed by atoms with Crippen molar-refractivity contribution >= 4 is 17.6 Å². The number of fused-ring (bicyclic) bond motifs is 1. The Balaban J connectivity index is 1.73. The zero-order chi connectivity index (χ0) is 15.3. The Bertz CT molecular complexity index is 645. The van der Waals surface area contributed by atoms with Crippen molar-refractivity contribution in [2.24, 2.45) is 21.6 Å². The molecular formula is C15H20N6O. The van der Waals surface area contributed by atoms with Crippen LogP contribution in [-0.2, 0) is 4.79 Å². The smallest absolute Gasteiger partial charge is 0.232 e. The van der Waals surface area contributed by atoms with Crippen molar-refractivity contribution in [3.05, 3.63) is 18.0 Å². The van der Waals surface area contributed by atoms with E-state index in [0.717, 1.165) is 30.5 Å². The summed E-state index contributed by atoms with van der Waals surface area (Å²) in [6, 6.07) is 0.289. The molecule has 3 aliphatic rings. The van der Waals surface area contributed by atoms with E-state index in [1.165, 1.54) is 6.42 Å². The molecule has 0 aromatic carbocycles. The van der Waals surface area contributed by atoms with Crippen molar-refractivity contribution in [2.75, 3.05) is 0 Å². The molecule has 2 aliphatic heterocycles. The Morgan fingerprint density at radius 2 is 2.23 bits per heavy atom. The van der Waals surface area contributed by atoms with Gasteiger partial charge in [-0.1, -0.05) is 0 Å². The molecule has 1 saturated heterocycles. The average Bonchev–Trinajstić information content (AvgIpc) is 2.93. The van der Waals surface area contributed by atoms with Gasteiger partial charge in [-0.05, 0) is 32.6 Å². The van der Waals surface area contributed by atoms with Gasteiger partial charge in [-0.15, -0.1) is 0 Å². The largest absolute Gasteiger partial charge is 0.368 e. The molecule has 0 radical (unpaired) electrons. The summed E-state index contributed by atoms with van der Waals surface area (Å²) in [7, 11) is 0. The highest BCUT2D eigenvalue weighted by molar-refractivity contribution is 6.00. The van der Waals surface area contributed by atoms with E-state index in [-0.39, 0.29) is 35.9 Å². The Morgan fingerprint density at radius 1 is 1.41 bits per heavy atom. The molecule has 116 valence electrons. The van der Waals surface area contributed by atoms with Gasteiger partial charge in [0.05, 0.1) is 12.1 Å². The summed E-state index contributed by atoms with van der Waals surface area (Å²) in [5.74, 6) is 0.419. The Labute approximate surface area is 128 Å². The van der Waals surface area contributed by atoms with Crippen LogP contribution in [0.4, 0.5) is 0 Å². The topological polar surface area (TPSA) is 99.7 Å². The number of nitrogens with two attached hydrogens (primary N) is 1. The molecule has 2 fully saturated rings. The van der Waals surface area contributed by atoms with Gasteiger partial charge in [-0.2, -0.15) is 5.10 Å². The standard InChI is InChI=1S/C15H20N6O/c1-8-11-5-12(9-6-17-18-7-9)14(22)21(10-3-2-4-10)13(11)20-15(16)19-8/h6-7,10-13H,2-5H2,1H3,(H2,16,20)(H,17,18). The predicted molar refractivity (Wildman–Crippen MR) is 82.4 cm³/mol. The van der Waals surface area contributed by atoms with Gasteiger partial charge >= 0.3 is 0 Å². The van der Waals surface area contributed by atoms with E-state index in [9.17, 15) is 4.79 Å². The molecule has 0 bridgehead atoms. The van der Waals surface area contributed by atoms with Crippen molar-refractivity contribution in [1.82, 2.24) is 15.1 Å². The zero-order valence-corrected chi connectivity index (χ0v) is 12.6. The number of hydrogen-bond acceptors (Lipinski definition) is 5. The van der Waals surface area contributed by atoms with Crippen LogP contribution >= 0.6 is 0 Å². The summed E-state index contributed by atoms with van der Waals surface area (Å²) >= 11 is 0. The second-order valence-corrected chi connectivity index (χ2v) is 6.41. The van der Waals surface area contributed by atoms with Gasteiger partial charge in [-0.25, -0.2) is 9.98 Å². The summed E-state index contributed by atoms with van der Waals surface area (Å²) in [6.45, 7) is 1.99. The first-order chi connectivity index (χ1) is 10.6. The lowest BCUT2D eigenvalue weighted by atomic mass is 9.77. The first kappa shape index (κ1) is 13.5. The van der Waals surface area contributed by atoms with Gasteiger partial charge in [0.25, 0.3) is 0 Å². The number of carbonyl (C=O) groups excluding carboxylic acids is 1. The van der Waals surface area contributed by atoms with E-state index in [4.69, 9.17) is 5.73 Å². The summed E-state index contributed by atoms with van der Waals surface area (Å²) < 4.78 is 0. The van der Waals surface area contributed by atoms with Crippen LogP contribution in [0, 0.1) is 5.92 Å². The molecule has 1 aromatic heterocycles. The number of aliphatic imine (C=N–C) groups is 2. The lowest BCUT2D eigenvalue weighted by Crippen LogP contribution is -2.59. The molecule has 0 spiro atoms. The third-order valence-electron chi connectivity index (χ3n) is 5.17. The van der Waals surface area contributed by atoms with Crippen molar-refractivity contribution in [2.45, 2.75) is 50.7 Å². The third kappa shape index (κ3) is 1.95. The van der Waals surface area contributed by atoms with E-state index < -0.39 is 0 Å². The minimum atomic E-state index is -0.182. The molecule has 22 heavy (non-hydrogen) atoms. The van der Waals surface area contributed by atoms with E-state index in [0.29, 0.717) is 0 Å². The van der Waals surface area contributed by atoms with Gasteiger partial charge in [0.2, 0.25) is 11.9 Å². The van der Waals surface area contributed by atoms with E-state index in [1.54, 1.807) is 6.20 Å². The first-order valence-electron chi connectivity index (χ1n) is 7.84. The Morgan fingerprint density at radius 3 is 2.86 bits per heavy atom. The van der Waals surface area contributed by atoms with E-state index in [1.807, 2.05) is 18.0 Å². The summed E-state index contributed by atoms with van der Waals surface area (Å²) in [6.07, 6.45) is 7.38. The number of piperidine rings is 1. The van der Waals surface area contributed by atoms with Gasteiger partial charge < -0.3 is 10.6 Å². The van der Waals surface area contributed by atoms with Crippen molar-refractivity contribution in [3.8, 4) is 0 Å². The highest BCUT2D eigenvalue weighted by Crippen LogP contribution is 2.41. The maximum atomic E-state index is 13.1. The zero-order valence-electron chi connectivity index (χ0n) is 12.6. The Hall–Kier alpha value is -2.18. The highest BCUT2D eigenvalue weighted by Gasteiger charge is 2.48.